The first-order chi connectivity index (χ1) is 15.0. The quantitative estimate of drug-likeness (QED) is 0.615. The topological polar surface area (TPSA) is 76.0 Å². The molecular formula is C26H26O5. The van der Waals surface area contributed by atoms with Crippen molar-refractivity contribution in [3.63, 3.8) is 0 Å². The van der Waals surface area contributed by atoms with Crippen molar-refractivity contribution in [2.45, 2.75) is 37.6 Å². The van der Waals surface area contributed by atoms with Crippen molar-refractivity contribution in [2.24, 2.45) is 0 Å². The number of ether oxygens (including phenoxy) is 2. The van der Waals surface area contributed by atoms with Gasteiger partial charge in [0.2, 0.25) is 5.60 Å². The van der Waals surface area contributed by atoms with Crippen LogP contribution in [0.1, 0.15) is 42.0 Å². The van der Waals surface area contributed by atoms with Gasteiger partial charge < -0.3 is 19.7 Å². The van der Waals surface area contributed by atoms with Gasteiger partial charge in [0, 0.05) is 11.1 Å². The van der Waals surface area contributed by atoms with Crippen LogP contribution in [0.2, 0.25) is 0 Å². The molecule has 3 atom stereocenters. The average Bonchev–Trinajstić information content (AvgIpc) is 2.80. The van der Waals surface area contributed by atoms with Gasteiger partial charge in [-0.25, -0.2) is 4.79 Å². The number of fused-ring (bicyclic) bond motifs is 1. The van der Waals surface area contributed by atoms with Crippen LogP contribution in [0.3, 0.4) is 0 Å². The molecule has 31 heavy (non-hydrogen) atoms. The van der Waals surface area contributed by atoms with Crippen LogP contribution in [0.25, 0.3) is 0 Å². The normalized spacial score (nSPS) is 24.7. The molecule has 0 radical (unpaired) electrons. The molecule has 0 saturated heterocycles. The minimum absolute atomic E-state index is 0.0514. The van der Waals surface area contributed by atoms with Crippen molar-refractivity contribution in [1.29, 1.82) is 0 Å². The third-order valence-electron chi connectivity index (χ3n) is 5.92. The van der Waals surface area contributed by atoms with E-state index in [4.69, 9.17) is 9.47 Å². The summed E-state index contributed by atoms with van der Waals surface area (Å²) in [5.41, 5.74) is 0.149. The number of aryl methyl sites for hydroxylation is 1. The summed E-state index contributed by atoms with van der Waals surface area (Å²) in [6.45, 7) is 3.72. The lowest BCUT2D eigenvalue weighted by Crippen LogP contribution is -2.66. The summed E-state index contributed by atoms with van der Waals surface area (Å²) in [7, 11) is 0. The molecule has 0 aliphatic carbocycles. The zero-order valence-corrected chi connectivity index (χ0v) is 17.6. The fraction of sp³-hybridized carbons (Fsp3) is 0.269. The highest BCUT2D eigenvalue weighted by Gasteiger charge is 2.67. The van der Waals surface area contributed by atoms with Gasteiger partial charge in [-0.2, -0.15) is 0 Å². The van der Waals surface area contributed by atoms with Gasteiger partial charge in [-0.15, -0.1) is 0 Å². The van der Waals surface area contributed by atoms with E-state index in [2.05, 4.69) is 0 Å². The summed E-state index contributed by atoms with van der Waals surface area (Å²) in [4.78, 5) is 13.4. The molecule has 5 heteroatoms. The number of carbonyl (C=O) groups excluding carboxylic acids is 1. The number of hydrogen-bond donors (Lipinski definition) is 2. The largest absolute Gasteiger partial charge is 0.464 e. The van der Waals surface area contributed by atoms with E-state index >= 15 is 0 Å². The van der Waals surface area contributed by atoms with Crippen molar-refractivity contribution < 1.29 is 24.5 Å². The fourth-order valence-corrected chi connectivity index (χ4v) is 4.44. The maximum absolute atomic E-state index is 13.4. The maximum Gasteiger partial charge on any atom is 0.346 e. The van der Waals surface area contributed by atoms with Gasteiger partial charge in [-0.05, 0) is 30.5 Å². The fourth-order valence-electron chi connectivity index (χ4n) is 4.44. The van der Waals surface area contributed by atoms with Gasteiger partial charge >= 0.3 is 5.97 Å². The Balaban J connectivity index is 2.07. The molecule has 5 nitrogen and oxygen atoms in total. The molecular weight excluding hydrogens is 392 g/mol. The average molecular weight is 418 g/mol. The zero-order valence-electron chi connectivity index (χ0n) is 17.6. The Morgan fingerprint density at radius 1 is 0.903 bits per heavy atom. The van der Waals surface area contributed by atoms with Gasteiger partial charge in [-0.3, -0.25) is 0 Å². The molecule has 3 aromatic carbocycles. The summed E-state index contributed by atoms with van der Waals surface area (Å²) in [5, 5.41) is 24.1. The van der Waals surface area contributed by atoms with Crippen LogP contribution in [0, 0.1) is 0 Å². The van der Waals surface area contributed by atoms with Crippen molar-refractivity contribution in [2.75, 3.05) is 6.61 Å². The van der Waals surface area contributed by atoms with E-state index in [0.29, 0.717) is 17.7 Å². The van der Waals surface area contributed by atoms with Crippen LogP contribution in [0.5, 0.6) is 5.75 Å². The van der Waals surface area contributed by atoms with Crippen LogP contribution in [0.15, 0.2) is 78.9 Å². The molecule has 0 spiro atoms. The lowest BCUT2D eigenvalue weighted by molar-refractivity contribution is -0.280. The first kappa shape index (κ1) is 21.1. The number of benzene rings is 3. The number of hydrogen-bond acceptors (Lipinski definition) is 5. The number of rotatable bonds is 5. The maximum atomic E-state index is 13.4. The van der Waals surface area contributed by atoms with Crippen LogP contribution in [0.4, 0.5) is 0 Å². The molecule has 0 aromatic heterocycles. The van der Waals surface area contributed by atoms with Gasteiger partial charge in [0.05, 0.1) is 12.5 Å². The first-order valence-corrected chi connectivity index (χ1v) is 10.5. The van der Waals surface area contributed by atoms with Crippen molar-refractivity contribution in [3.05, 3.63) is 101 Å². The second-order valence-electron chi connectivity index (χ2n) is 7.62. The predicted molar refractivity (Wildman–Crippen MR) is 117 cm³/mol. The Kier molecular flexibility index (Phi) is 5.56. The molecule has 0 fully saturated rings. The molecule has 0 bridgehead atoms. The molecule has 4 rings (SSSR count). The molecule has 1 unspecified atom stereocenters. The van der Waals surface area contributed by atoms with Crippen molar-refractivity contribution in [3.8, 4) is 5.75 Å². The molecule has 160 valence electrons. The highest BCUT2D eigenvalue weighted by molar-refractivity contribution is 5.85. The summed E-state index contributed by atoms with van der Waals surface area (Å²) in [6, 6.07) is 23.2. The molecule has 1 heterocycles. The van der Waals surface area contributed by atoms with Crippen LogP contribution >= 0.6 is 0 Å². The smallest absolute Gasteiger partial charge is 0.346 e. The van der Waals surface area contributed by atoms with E-state index in [1.807, 2.05) is 37.3 Å². The second-order valence-corrected chi connectivity index (χ2v) is 7.62. The number of aliphatic hydroxyl groups is 2. The highest BCUT2D eigenvalue weighted by atomic mass is 16.7. The Labute approximate surface area is 181 Å². The second kappa shape index (κ2) is 8.17. The minimum atomic E-state index is -2.43. The predicted octanol–water partition coefficient (Wildman–Crippen LogP) is 3.91. The third-order valence-corrected chi connectivity index (χ3v) is 5.92. The van der Waals surface area contributed by atoms with E-state index in [1.54, 1.807) is 55.5 Å². The Morgan fingerprint density at radius 2 is 1.52 bits per heavy atom. The van der Waals surface area contributed by atoms with Crippen LogP contribution in [-0.4, -0.2) is 28.4 Å². The van der Waals surface area contributed by atoms with Crippen molar-refractivity contribution in [1.82, 2.24) is 0 Å². The summed E-state index contributed by atoms with van der Waals surface area (Å²) < 4.78 is 11.3. The van der Waals surface area contributed by atoms with E-state index in [1.165, 1.54) is 0 Å². The van der Waals surface area contributed by atoms with Gasteiger partial charge in [0.25, 0.3) is 5.79 Å². The van der Waals surface area contributed by atoms with Crippen LogP contribution in [-0.2, 0) is 21.7 Å². The van der Waals surface area contributed by atoms with E-state index in [0.717, 1.165) is 11.1 Å². The van der Waals surface area contributed by atoms with E-state index in [9.17, 15) is 15.0 Å². The Morgan fingerprint density at radius 3 is 2.19 bits per heavy atom. The Bertz CT molecular complexity index is 1080. The molecule has 3 aromatic rings. The lowest BCUT2D eigenvalue weighted by Gasteiger charge is -2.49. The SMILES string of the molecule is CCOC(=O)[C@]1(O)C(c2ccccc2CC)c2ccccc2O[C@@]1(O)c1ccccc1. The van der Waals surface area contributed by atoms with Gasteiger partial charge in [0.1, 0.15) is 5.75 Å². The monoisotopic (exact) mass is 418 g/mol. The number of carbonyl (C=O) groups is 1. The summed E-state index contributed by atoms with van der Waals surface area (Å²) in [6.07, 6.45) is 0.693. The number of para-hydroxylation sites is 1. The minimum Gasteiger partial charge on any atom is -0.464 e. The highest BCUT2D eigenvalue weighted by Crippen LogP contribution is 2.54. The lowest BCUT2D eigenvalue weighted by atomic mass is 9.67. The first-order valence-electron chi connectivity index (χ1n) is 10.5. The van der Waals surface area contributed by atoms with Gasteiger partial charge in [0.15, 0.2) is 0 Å². The molecule has 1 aliphatic rings. The van der Waals surface area contributed by atoms with E-state index < -0.39 is 23.3 Å². The van der Waals surface area contributed by atoms with E-state index in [-0.39, 0.29) is 12.2 Å². The van der Waals surface area contributed by atoms with Crippen LogP contribution < -0.4 is 4.74 Å². The molecule has 0 saturated carbocycles. The van der Waals surface area contributed by atoms with Crippen molar-refractivity contribution >= 4 is 5.97 Å². The standard InChI is InChI=1S/C26H26O5/c1-3-18-12-8-9-15-20(18)23-21-16-10-11-17-22(21)31-26(29,19-13-6-5-7-14-19)25(23,28)24(27)30-4-2/h5-17,23,28-29H,3-4H2,1-2H3/t23?,25-,26+/m1/s1. The Hall–Kier alpha value is -3.15. The summed E-state index contributed by atoms with van der Waals surface area (Å²) in [5.74, 6) is -3.80. The molecule has 1 aliphatic heterocycles. The summed E-state index contributed by atoms with van der Waals surface area (Å²) >= 11 is 0. The third kappa shape index (κ3) is 3.21. The molecule has 0 amide bonds. The zero-order chi connectivity index (χ0) is 22.1. The number of esters is 1. The molecule has 2 N–H and O–H groups in total. The van der Waals surface area contributed by atoms with Gasteiger partial charge in [-0.1, -0.05) is 79.7 Å².